The van der Waals surface area contributed by atoms with Crippen LogP contribution in [0.4, 0.5) is 11.6 Å². The lowest BCUT2D eigenvalue weighted by atomic mass is 10.3. The molecule has 0 bridgehead atoms. The zero-order valence-corrected chi connectivity index (χ0v) is 7.73. The highest BCUT2D eigenvalue weighted by atomic mass is 16.6. The maximum atomic E-state index is 10.3. The van der Waals surface area contributed by atoms with Crippen molar-refractivity contribution < 1.29 is 4.92 Å². The summed E-state index contributed by atoms with van der Waals surface area (Å²) in [4.78, 5) is 17.3. The van der Waals surface area contributed by atoms with Crippen LogP contribution < -0.4 is 5.32 Å². The minimum atomic E-state index is -0.539. The van der Waals surface area contributed by atoms with Gasteiger partial charge in [-0.15, -0.1) is 0 Å². The van der Waals surface area contributed by atoms with E-state index < -0.39 is 4.92 Å². The molecule has 0 atom stereocenters. The van der Waals surface area contributed by atoms with E-state index in [1.165, 1.54) is 0 Å². The van der Waals surface area contributed by atoms with Gasteiger partial charge in [0.05, 0.1) is 4.92 Å². The van der Waals surface area contributed by atoms with Crippen LogP contribution in [0.1, 0.15) is 6.92 Å². The molecule has 6 nitrogen and oxygen atoms in total. The SMILES string of the molecule is C=C(C)CNc1ncc([N+](=O)[O-])cn1. The average Bonchev–Trinajstić information content (AvgIpc) is 2.15. The van der Waals surface area contributed by atoms with Crippen molar-refractivity contribution in [3.05, 3.63) is 34.7 Å². The third-order valence-electron chi connectivity index (χ3n) is 1.40. The molecule has 0 radical (unpaired) electrons. The quantitative estimate of drug-likeness (QED) is 0.444. The van der Waals surface area contributed by atoms with E-state index in [4.69, 9.17) is 0 Å². The van der Waals surface area contributed by atoms with Gasteiger partial charge in [-0.1, -0.05) is 12.2 Å². The molecule has 1 heterocycles. The van der Waals surface area contributed by atoms with Gasteiger partial charge in [-0.25, -0.2) is 9.97 Å². The molecule has 0 saturated heterocycles. The first kappa shape index (κ1) is 10.1. The van der Waals surface area contributed by atoms with Gasteiger partial charge in [0.1, 0.15) is 12.4 Å². The minimum Gasteiger partial charge on any atom is -0.350 e. The highest BCUT2D eigenvalue weighted by molar-refractivity contribution is 5.31. The summed E-state index contributed by atoms with van der Waals surface area (Å²) in [5.41, 5.74) is 0.817. The van der Waals surface area contributed by atoms with Gasteiger partial charge in [0.25, 0.3) is 0 Å². The monoisotopic (exact) mass is 194 g/mol. The van der Waals surface area contributed by atoms with Gasteiger partial charge in [-0.3, -0.25) is 10.1 Å². The lowest BCUT2D eigenvalue weighted by Gasteiger charge is -2.02. The van der Waals surface area contributed by atoms with E-state index in [-0.39, 0.29) is 5.69 Å². The van der Waals surface area contributed by atoms with E-state index in [2.05, 4.69) is 21.9 Å². The molecule has 0 aromatic carbocycles. The predicted octanol–water partition coefficient (Wildman–Crippen LogP) is 1.37. The minimum absolute atomic E-state index is 0.120. The van der Waals surface area contributed by atoms with Crippen LogP contribution in [-0.2, 0) is 0 Å². The van der Waals surface area contributed by atoms with Crippen molar-refractivity contribution in [2.75, 3.05) is 11.9 Å². The van der Waals surface area contributed by atoms with Gasteiger partial charge in [-0.05, 0) is 6.92 Å². The number of nitrogens with one attached hydrogen (secondary N) is 1. The highest BCUT2D eigenvalue weighted by Gasteiger charge is 2.05. The predicted molar refractivity (Wildman–Crippen MR) is 52.0 cm³/mol. The van der Waals surface area contributed by atoms with Crippen molar-refractivity contribution in [1.82, 2.24) is 9.97 Å². The van der Waals surface area contributed by atoms with Crippen molar-refractivity contribution in [3.63, 3.8) is 0 Å². The lowest BCUT2D eigenvalue weighted by molar-refractivity contribution is -0.385. The Kier molecular flexibility index (Phi) is 3.11. The van der Waals surface area contributed by atoms with Gasteiger partial charge in [-0.2, -0.15) is 0 Å². The summed E-state index contributed by atoms with van der Waals surface area (Å²) in [6.07, 6.45) is 2.32. The summed E-state index contributed by atoms with van der Waals surface area (Å²) in [5.74, 6) is 0.360. The van der Waals surface area contributed by atoms with E-state index in [0.717, 1.165) is 18.0 Å². The van der Waals surface area contributed by atoms with Crippen LogP contribution >= 0.6 is 0 Å². The van der Waals surface area contributed by atoms with Crippen LogP contribution in [0.15, 0.2) is 24.5 Å². The number of nitrogens with zero attached hydrogens (tertiary/aromatic N) is 3. The van der Waals surface area contributed by atoms with Crippen molar-refractivity contribution >= 4 is 11.6 Å². The van der Waals surface area contributed by atoms with Gasteiger partial charge >= 0.3 is 5.69 Å². The second-order valence-electron chi connectivity index (χ2n) is 2.83. The molecule has 0 aliphatic carbocycles. The Morgan fingerprint density at radius 2 is 2.21 bits per heavy atom. The van der Waals surface area contributed by atoms with Crippen LogP contribution in [0.3, 0.4) is 0 Å². The van der Waals surface area contributed by atoms with Gasteiger partial charge in [0.15, 0.2) is 0 Å². The number of nitro groups is 1. The van der Waals surface area contributed by atoms with Crippen LogP contribution in [0.5, 0.6) is 0 Å². The summed E-state index contributed by atoms with van der Waals surface area (Å²) in [7, 11) is 0. The summed E-state index contributed by atoms with van der Waals surface area (Å²) in [5, 5.41) is 13.1. The van der Waals surface area contributed by atoms with E-state index in [0.29, 0.717) is 12.5 Å². The molecule has 1 aromatic rings. The second-order valence-corrected chi connectivity index (χ2v) is 2.83. The van der Waals surface area contributed by atoms with Gasteiger partial charge < -0.3 is 5.32 Å². The molecular formula is C8H10N4O2. The zero-order chi connectivity index (χ0) is 10.6. The largest absolute Gasteiger partial charge is 0.350 e. The first-order valence-corrected chi connectivity index (χ1v) is 3.94. The summed E-state index contributed by atoms with van der Waals surface area (Å²) < 4.78 is 0. The molecule has 14 heavy (non-hydrogen) atoms. The van der Waals surface area contributed by atoms with E-state index in [9.17, 15) is 10.1 Å². The van der Waals surface area contributed by atoms with Crippen LogP contribution in [0.25, 0.3) is 0 Å². The Hall–Kier alpha value is -1.98. The molecule has 6 heteroatoms. The summed E-state index contributed by atoms with van der Waals surface area (Å²) in [6, 6.07) is 0. The number of hydrogen-bond acceptors (Lipinski definition) is 5. The van der Waals surface area contributed by atoms with Crippen molar-refractivity contribution in [2.45, 2.75) is 6.92 Å². The topological polar surface area (TPSA) is 81.0 Å². The number of anilines is 1. The molecule has 0 saturated carbocycles. The van der Waals surface area contributed by atoms with Crippen LogP contribution in [0, 0.1) is 10.1 Å². The number of hydrogen-bond donors (Lipinski definition) is 1. The second kappa shape index (κ2) is 4.31. The molecule has 0 aliphatic rings. The Morgan fingerprint density at radius 1 is 1.64 bits per heavy atom. The third-order valence-corrected chi connectivity index (χ3v) is 1.40. The molecular weight excluding hydrogens is 184 g/mol. The fourth-order valence-corrected chi connectivity index (χ4v) is 0.737. The lowest BCUT2D eigenvalue weighted by Crippen LogP contribution is -2.05. The average molecular weight is 194 g/mol. The standard InChI is InChI=1S/C8H10N4O2/c1-6(2)3-9-8-10-4-7(5-11-8)12(13)14/h4-5H,1,3H2,2H3,(H,9,10,11). The maximum Gasteiger partial charge on any atom is 0.305 e. The molecule has 1 rings (SSSR count). The number of aromatic nitrogens is 2. The molecule has 1 aromatic heterocycles. The fourth-order valence-electron chi connectivity index (χ4n) is 0.737. The molecule has 74 valence electrons. The first-order valence-electron chi connectivity index (χ1n) is 3.94. The van der Waals surface area contributed by atoms with Crippen LogP contribution in [0.2, 0.25) is 0 Å². The molecule has 1 N–H and O–H groups in total. The van der Waals surface area contributed by atoms with E-state index in [1.807, 2.05) is 6.92 Å². The zero-order valence-electron chi connectivity index (χ0n) is 7.73. The van der Waals surface area contributed by atoms with Crippen molar-refractivity contribution in [3.8, 4) is 0 Å². The first-order chi connectivity index (χ1) is 6.59. The highest BCUT2D eigenvalue weighted by Crippen LogP contribution is 2.07. The Labute approximate surface area is 80.8 Å². The maximum absolute atomic E-state index is 10.3. The Morgan fingerprint density at radius 3 is 2.64 bits per heavy atom. The normalized spacial score (nSPS) is 9.50. The van der Waals surface area contributed by atoms with Crippen molar-refractivity contribution in [2.24, 2.45) is 0 Å². The summed E-state index contributed by atoms with van der Waals surface area (Å²) in [6.45, 7) is 6.10. The van der Waals surface area contributed by atoms with Crippen molar-refractivity contribution in [1.29, 1.82) is 0 Å². The van der Waals surface area contributed by atoms with E-state index in [1.54, 1.807) is 0 Å². The fraction of sp³-hybridized carbons (Fsp3) is 0.250. The third kappa shape index (κ3) is 2.81. The summed E-state index contributed by atoms with van der Waals surface area (Å²) >= 11 is 0. The van der Waals surface area contributed by atoms with Gasteiger partial charge in [0, 0.05) is 6.54 Å². The Bertz CT molecular complexity index is 347. The molecule has 0 aliphatic heterocycles. The van der Waals surface area contributed by atoms with Crippen LogP contribution in [-0.4, -0.2) is 21.4 Å². The Balaban J connectivity index is 2.64. The van der Waals surface area contributed by atoms with E-state index >= 15 is 0 Å². The molecule has 0 unspecified atom stereocenters. The number of rotatable bonds is 4. The smallest absolute Gasteiger partial charge is 0.305 e. The van der Waals surface area contributed by atoms with Gasteiger partial charge in [0.2, 0.25) is 5.95 Å². The molecule has 0 spiro atoms. The molecule has 0 fully saturated rings. The molecule has 0 amide bonds.